The van der Waals surface area contributed by atoms with Gasteiger partial charge in [0.25, 0.3) is 0 Å². The van der Waals surface area contributed by atoms with Crippen molar-refractivity contribution >= 4 is 11.8 Å². The lowest BCUT2D eigenvalue weighted by atomic mass is 10.0. The van der Waals surface area contributed by atoms with Crippen LogP contribution in [-0.4, -0.2) is 66.0 Å². The maximum absolute atomic E-state index is 14.3. The molecule has 1 aromatic heterocycles. The number of nitrogens with zero attached hydrogens (tertiary/aromatic N) is 2. The molecule has 1 unspecified atom stereocenters. The first-order valence-corrected chi connectivity index (χ1v) is 12.9. The highest BCUT2D eigenvalue weighted by atomic mass is 19.1. The van der Waals surface area contributed by atoms with E-state index in [0.29, 0.717) is 32.1 Å². The van der Waals surface area contributed by atoms with Crippen molar-refractivity contribution in [1.82, 2.24) is 9.88 Å². The first-order chi connectivity index (χ1) is 17.5. The second kappa shape index (κ2) is 11.0. The van der Waals surface area contributed by atoms with Crippen LogP contribution in [0.2, 0.25) is 0 Å². The van der Waals surface area contributed by atoms with Crippen molar-refractivity contribution in [3.8, 4) is 11.5 Å². The summed E-state index contributed by atoms with van der Waals surface area (Å²) in [4.78, 5) is 18.9. The highest BCUT2D eigenvalue weighted by Crippen LogP contribution is 2.42. The van der Waals surface area contributed by atoms with Crippen molar-refractivity contribution < 1.29 is 28.5 Å². The SMILES string of the molecule is C[C@H]1COc2cc(F)cc(C(C(=O)O)N3CC[C@@H](OCCCCc4ccc5c(n4)NCCC5)C3)c2O1. The molecule has 4 heterocycles. The largest absolute Gasteiger partial charge is 0.486 e. The highest BCUT2D eigenvalue weighted by Gasteiger charge is 2.38. The summed E-state index contributed by atoms with van der Waals surface area (Å²) in [6, 6.07) is 5.77. The zero-order chi connectivity index (χ0) is 25.1. The Hall–Kier alpha value is -2.91. The number of fused-ring (bicyclic) bond motifs is 2. The Bertz CT molecular complexity index is 1100. The Kier molecular flexibility index (Phi) is 7.57. The van der Waals surface area contributed by atoms with Crippen LogP contribution in [0, 0.1) is 5.82 Å². The Balaban J connectivity index is 1.13. The Labute approximate surface area is 210 Å². The second-order valence-electron chi connectivity index (χ2n) is 9.88. The summed E-state index contributed by atoms with van der Waals surface area (Å²) >= 11 is 0. The number of benzene rings is 1. The van der Waals surface area contributed by atoms with Gasteiger partial charge < -0.3 is 24.6 Å². The fraction of sp³-hybridized carbons (Fsp3) is 0.556. The Morgan fingerprint density at radius 3 is 3.11 bits per heavy atom. The van der Waals surface area contributed by atoms with Crippen LogP contribution >= 0.6 is 0 Å². The number of aliphatic carboxylic acids is 1. The molecule has 9 heteroatoms. The average Bonchev–Trinajstić information content (AvgIpc) is 3.32. The molecule has 8 nitrogen and oxygen atoms in total. The average molecular weight is 500 g/mol. The second-order valence-corrected chi connectivity index (χ2v) is 9.88. The van der Waals surface area contributed by atoms with Crippen LogP contribution < -0.4 is 14.8 Å². The van der Waals surface area contributed by atoms with Crippen molar-refractivity contribution in [2.75, 3.05) is 38.2 Å². The summed E-state index contributed by atoms with van der Waals surface area (Å²) in [5.74, 6) is 0.0186. The van der Waals surface area contributed by atoms with Crippen LogP contribution in [-0.2, 0) is 22.4 Å². The third-order valence-electron chi connectivity index (χ3n) is 7.04. The molecule has 0 aliphatic carbocycles. The lowest BCUT2D eigenvalue weighted by molar-refractivity contribution is -0.143. The quantitative estimate of drug-likeness (QED) is 0.501. The number of carboxylic acids is 1. The summed E-state index contributed by atoms with van der Waals surface area (Å²) in [5, 5.41) is 13.4. The van der Waals surface area contributed by atoms with Gasteiger partial charge in [0.05, 0.1) is 6.10 Å². The molecule has 0 saturated carbocycles. The van der Waals surface area contributed by atoms with E-state index in [9.17, 15) is 14.3 Å². The molecule has 5 rings (SSSR count). The van der Waals surface area contributed by atoms with Crippen LogP contribution in [0.1, 0.15) is 55.5 Å². The van der Waals surface area contributed by atoms with E-state index in [1.54, 1.807) is 0 Å². The predicted octanol–water partition coefficient (Wildman–Crippen LogP) is 3.98. The predicted molar refractivity (Wildman–Crippen MR) is 132 cm³/mol. The van der Waals surface area contributed by atoms with Gasteiger partial charge in [0.15, 0.2) is 11.5 Å². The summed E-state index contributed by atoms with van der Waals surface area (Å²) in [5.41, 5.74) is 2.68. The molecule has 36 heavy (non-hydrogen) atoms. The number of aryl methyl sites for hydroxylation is 2. The minimum atomic E-state index is -1.04. The Morgan fingerprint density at radius 2 is 2.25 bits per heavy atom. The van der Waals surface area contributed by atoms with Gasteiger partial charge in [0.2, 0.25) is 0 Å². The lowest BCUT2D eigenvalue weighted by Gasteiger charge is -2.30. The van der Waals surface area contributed by atoms with E-state index in [0.717, 1.165) is 56.6 Å². The van der Waals surface area contributed by atoms with Gasteiger partial charge >= 0.3 is 5.97 Å². The third-order valence-corrected chi connectivity index (χ3v) is 7.04. The molecular weight excluding hydrogens is 465 g/mol. The molecular formula is C27H34FN3O5. The van der Waals surface area contributed by atoms with E-state index in [4.69, 9.17) is 19.2 Å². The number of halogens is 1. The van der Waals surface area contributed by atoms with Crippen LogP contribution in [0.4, 0.5) is 10.2 Å². The van der Waals surface area contributed by atoms with Gasteiger partial charge in [-0.05, 0) is 63.1 Å². The lowest BCUT2D eigenvalue weighted by Crippen LogP contribution is -2.35. The van der Waals surface area contributed by atoms with Gasteiger partial charge in [-0.3, -0.25) is 9.69 Å². The zero-order valence-electron chi connectivity index (χ0n) is 20.7. The van der Waals surface area contributed by atoms with Gasteiger partial charge in [-0.15, -0.1) is 0 Å². The third kappa shape index (κ3) is 5.57. The molecule has 0 bridgehead atoms. The van der Waals surface area contributed by atoms with Crippen molar-refractivity contribution in [3.63, 3.8) is 0 Å². The number of hydrogen-bond acceptors (Lipinski definition) is 7. The number of rotatable bonds is 9. The van der Waals surface area contributed by atoms with E-state index in [-0.39, 0.29) is 23.5 Å². The van der Waals surface area contributed by atoms with E-state index in [2.05, 4.69) is 17.4 Å². The summed E-state index contributed by atoms with van der Waals surface area (Å²) in [6.07, 6.45) is 5.47. The topological polar surface area (TPSA) is 93.2 Å². The van der Waals surface area contributed by atoms with Crippen LogP contribution in [0.3, 0.4) is 0 Å². The fourth-order valence-corrected chi connectivity index (χ4v) is 5.24. The highest BCUT2D eigenvalue weighted by molar-refractivity contribution is 5.77. The number of nitrogens with one attached hydrogen (secondary N) is 1. The summed E-state index contributed by atoms with van der Waals surface area (Å²) in [7, 11) is 0. The normalized spacial score (nSPS) is 22.1. The number of pyridine rings is 1. The smallest absolute Gasteiger partial charge is 0.325 e. The molecule has 1 fully saturated rings. The van der Waals surface area contributed by atoms with Gasteiger partial charge in [-0.2, -0.15) is 0 Å². The molecule has 194 valence electrons. The van der Waals surface area contributed by atoms with Crippen LogP contribution in [0.15, 0.2) is 24.3 Å². The summed E-state index contributed by atoms with van der Waals surface area (Å²) in [6.45, 7) is 4.76. The van der Waals surface area contributed by atoms with Gasteiger partial charge in [0, 0.05) is 43.6 Å². The van der Waals surface area contributed by atoms with Crippen molar-refractivity contribution in [2.24, 2.45) is 0 Å². The fourth-order valence-electron chi connectivity index (χ4n) is 5.24. The molecule has 0 radical (unpaired) electrons. The number of carboxylic acid groups (broad SMARTS) is 1. The monoisotopic (exact) mass is 499 g/mol. The standard InChI is InChI=1S/C27H34FN3O5/c1-17-16-35-23-14-19(28)13-22(25(23)36-17)24(27(32)33)31-11-9-21(15-31)34-12-3-2-6-20-8-7-18-5-4-10-29-26(18)30-20/h7-8,13-14,17,21,24H,2-6,9-12,15-16H2,1H3,(H,29,30)(H,32,33)/t17-,21+,24?/m0/s1. The number of unbranched alkanes of at least 4 members (excludes halogenated alkanes) is 1. The first-order valence-electron chi connectivity index (χ1n) is 12.9. The van der Waals surface area contributed by atoms with Crippen LogP contribution in [0.25, 0.3) is 0 Å². The van der Waals surface area contributed by atoms with Crippen molar-refractivity contribution in [1.29, 1.82) is 0 Å². The minimum absolute atomic E-state index is 0.0570. The number of aromatic nitrogens is 1. The van der Waals surface area contributed by atoms with Gasteiger partial charge in [0.1, 0.15) is 30.4 Å². The van der Waals surface area contributed by atoms with Gasteiger partial charge in [-0.25, -0.2) is 9.37 Å². The van der Waals surface area contributed by atoms with Crippen molar-refractivity contribution in [3.05, 3.63) is 46.9 Å². The van der Waals surface area contributed by atoms with E-state index in [1.807, 2.05) is 11.8 Å². The molecule has 3 aliphatic rings. The van der Waals surface area contributed by atoms with Crippen LogP contribution in [0.5, 0.6) is 11.5 Å². The van der Waals surface area contributed by atoms with Crippen molar-refractivity contribution in [2.45, 2.75) is 63.7 Å². The maximum Gasteiger partial charge on any atom is 0.325 e. The molecule has 3 atom stereocenters. The first kappa shape index (κ1) is 24.8. The minimum Gasteiger partial charge on any atom is -0.486 e. The summed E-state index contributed by atoms with van der Waals surface area (Å²) < 4.78 is 31.9. The number of anilines is 1. The van der Waals surface area contributed by atoms with E-state index in [1.165, 1.54) is 17.7 Å². The molecule has 2 N–H and O–H groups in total. The zero-order valence-corrected chi connectivity index (χ0v) is 20.7. The number of carbonyl (C=O) groups is 1. The van der Waals surface area contributed by atoms with E-state index < -0.39 is 17.8 Å². The number of likely N-dealkylation sites (tertiary alicyclic amines) is 1. The molecule has 2 aromatic rings. The van der Waals surface area contributed by atoms with E-state index >= 15 is 0 Å². The molecule has 0 spiro atoms. The molecule has 1 saturated heterocycles. The molecule has 0 amide bonds. The Morgan fingerprint density at radius 1 is 1.36 bits per heavy atom. The molecule has 3 aliphatic heterocycles. The number of ether oxygens (including phenoxy) is 3. The molecule has 1 aromatic carbocycles. The van der Waals surface area contributed by atoms with Gasteiger partial charge in [-0.1, -0.05) is 6.07 Å². The maximum atomic E-state index is 14.3. The number of hydrogen-bond donors (Lipinski definition) is 2.